The van der Waals surface area contributed by atoms with E-state index in [1.807, 2.05) is 31.1 Å². The topological polar surface area (TPSA) is 59.2 Å². The summed E-state index contributed by atoms with van der Waals surface area (Å²) in [5, 5.41) is 0. The first-order valence-corrected chi connectivity index (χ1v) is 4.50. The molecule has 0 spiro atoms. The van der Waals surface area contributed by atoms with Gasteiger partial charge in [-0.15, -0.1) is 0 Å². The first-order chi connectivity index (χ1) is 7.09. The second-order valence-corrected chi connectivity index (χ2v) is 3.24. The molecule has 0 bridgehead atoms. The predicted molar refractivity (Wildman–Crippen MR) is 59.3 cm³/mol. The molecule has 78 valence electrons. The molecule has 0 fully saturated rings. The van der Waals surface area contributed by atoms with Crippen LogP contribution in [-0.2, 0) is 4.79 Å². The van der Waals surface area contributed by atoms with Crippen molar-refractivity contribution in [3.05, 3.63) is 23.9 Å². The van der Waals surface area contributed by atoms with Crippen LogP contribution in [0.5, 0.6) is 0 Å². The molecule has 1 amide bonds. The van der Waals surface area contributed by atoms with Crippen LogP contribution in [0.3, 0.4) is 0 Å². The van der Waals surface area contributed by atoms with Gasteiger partial charge in [-0.25, -0.2) is 4.98 Å². The van der Waals surface area contributed by atoms with E-state index in [9.17, 15) is 4.79 Å². The van der Waals surface area contributed by atoms with Gasteiger partial charge in [0.15, 0.2) is 0 Å². The summed E-state index contributed by atoms with van der Waals surface area (Å²) >= 11 is 0. The number of anilines is 1. The van der Waals surface area contributed by atoms with Gasteiger partial charge in [0.05, 0.1) is 6.42 Å². The van der Waals surface area contributed by atoms with Crippen LogP contribution in [-0.4, -0.2) is 25.0 Å². The molecule has 4 heteroatoms. The molecule has 15 heavy (non-hydrogen) atoms. The van der Waals surface area contributed by atoms with Crippen molar-refractivity contribution in [2.45, 2.75) is 6.42 Å². The molecule has 0 aliphatic rings. The molecule has 0 atom stereocenters. The Morgan fingerprint density at radius 1 is 1.53 bits per heavy atom. The maximum Gasteiger partial charge on any atom is 0.229 e. The zero-order valence-electron chi connectivity index (χ0n) is 8.82. The van der Waals surface area contributed by atoms with Crippen molar-refractivity contribution in [2.24, 2.45) is 5.73 Å². The van der Waals surface area contributed by atoms with Gasteiger partial charge >= 0.3 is 0 Å². The van der Waals surface area contributed by atoms with E-state index in [1.54, 1.807) is 6.20 Å². The van der Waals surface area contributed by atoms with Crippen molar-refractivity contribution in [2.75, 3.05) is 19.0 Å². The van der Waals surface area contributed by atoms with E-state index in [0.717, 1.165) is 11.4 Å². The van der Waals surface area contributed by atoms with Gasteiger partial charge in [0.1, 0.15) is 5.82 Å². The third kappa shape index (κ3) is 3.69. The monoisotopic (exact) mass is 203 g/mol. The van der Waals surface area contributed by atoms with Crippen molar-refractivity contribution in [1.82, 2.24) is 4.98 Å². The summed E-state index contributed by atoms with van der Waals surface area (Å²) in [6.07, 6.45) is 1.75. The fraction of sp³-hybridized carbons (Fsp3) is 0.273. The lowest BCUT2D eigenvalue weighted by Crippen LogP contribution is -2.10. The summed E-state index contributed by atoms with van der Waals surface area (Å²) in [4.78, 5) is 16.5. The van der Waals surface area contributed by atoms with Gasteiger partial charge in [-0.1, -0.05) is 11.8 Å². The van der Waals surface area contributed by atoms with Gasteiger partial charge in [-0.05, 0) is 12.1 Å². The van der Waals surface area contributed by atoms with Gasteiger partial charge < -0.3 is 10.6 Å². The number of amides is 1. The SMILES string of the molecule is CN(C)c1ccc(C#CCC(N)=O)cn1. The predicted octanol–water partition coefficient (Wildman–Crippen LogP) is 0.374. The van der Waals surface area contributed by atoms with Crippen LogP contribution >= 0.6 is 0 Å². The van der Waals surface area contributed by atoms with E-state index >= 15 is 0 Å². The summed E-state index contributed by atoms with van der Waals surface area (Å²) < 4.78 is 0. The molecular weight excluding hydrogens is 190 g/mol. The van der Waals surface area contributed by atoms with Crippen molar-refractivity contribution in [1.29, 1.82) is 0 Å². The highest BCUT2D eigenvalue weighted by Gasteiger charge is 1.95. The number of nitrogens with zero attached hydrogens (tertiary/aromatic N) is 2. The summed E-state index contributed by atoms with van der Waals surface area (Å²) in [5.74, 6) is 5.94. The van der Waals surface area contributed by atoms with Crippen LogP contribution in [0.1, 0.15) is 12.0 Å². The molecule has 1 aromatic heterocycles. The molecule has 4 nitrogen and oxygen atoms in total. The summed E-state index contributed by atoms with van der Waals surface area (Å²) in [7, 11) is 3.83. The Kier molecular flexibility index (Phi) is 3.69. The molecule has 0 aliphatic heterocycles. The van der Waals surface area contributed by atoms with E-state index in [0.29, 0.717) is 0 Å². The van der Waals surface area contributed by atoms with Gasteiger partial charge in [-0.2, -0.15) is 0 Å². The van der Waals surface area contributed by atoms with Crippen molar-refractivity contribution < 1.29 is 4.79 Å². The standard InChI is InChI=1S/C11H13N3O/c1-14(2)11-7-6-9(8-13-11)4-3-5-10(12)15/h6-8H,5H2,1-2H3,(H2,12,15). The molecule has 0 radical (unpaired) electrons. The fourth-order valence-corrected chi connectivity index (χ4v) is 0.958. The minimum Gasteiger partial charge on any atom is -0.369 e. The minimum atomic E-state index is -0.416. The molecule has 1 heterocycles. The first kappa shape index (κ1) is 11.1. The van der Waals surface area contributed by atoms with E-state index in [1.165, 1.54) is 0 Å². The number of hydrogen-bond donors (Lipinski definition) is 1. The van der Waals surface area contributed by atoms with Crippen LogP contribution in [0, 0.1) is 11.8 Å². The number of nitrogens with two attached hydrogens (primary N) is 1. The molecule has 0 aliphatic carbocycles. The Hall–Kier alpha value is -2.02. The van der Waals surface area contributed by atoms with Crippen LogP contribution in [0.25, 0.3) is 0 Å². The van der Waals surface area contributed by atoms with Crippen LogP contribution in [0.4, 0.5) is 5.82 Å². The van der Waals surface area contributed by atoms with Gasteiger partial charge in [0.2, 0.25) is 5.91 Å². The smallest absolute Gasteiger partial charge is 0.229 e. The number of rotatable bonds is 2. The lowest BCUT2D eigenvalue weighted by molar-refractivity contribution is -0.117. The van der Waals surface area contributed by atoms with Gasteiger partial charge in [-0.3, -0.25) is 4.79 Å². The molecule has 2 N–H and O–H groups in total. The quantitative estimate of drug-likeness (QED) is 0.707. The highest BCUT2D eigenvalue weighted by molar-refractivity contribution is 5.76. The Morgan fingerprint density at radius 2 is 2.27 bits per heavy atom. The summed E-state index contributed by atoms with van der Waals surface area (Å²) in [6, 6.07) is 3.73. The number of carbonyl (C=O) groups is 1. The van der Waals surface area contributed by atoms with E-state index < -0.39 is 5.91 Å². The fourth-order valence-electron chi connectivity index (χ4n) is 0.958. The number of pyridine rings is 1. The average Bonchev–Trinajstić information content (AvgIpc) is 2.18. The van der Waals surface area contributed by atoms with Gasteiger partial charge in [0.25, 0.3) is 0 Å². The Balaban J connectivity index is 2.71. The van der Waals surface area contributed by atoms with Crippen molar-refractivity contribution in [3.8, 4) is 11.8 Å². The minimum absolute atomic E-state index is 0.0788. The summed E-state index contributed by atoms with van der Waals surface area (Å²) in [6.45, 7) is 0. The normalized spacial score (nSPS) is 8.93. The highest BCUT2D eigenvalue weighted by Crippen LogP contribution is 2.06. The summed E-state index contributed by atoms with van der Waals surface area (Å²) in [5.41, 5.74) is 5.74. The largest absolute Gasteiger partial charge is 0.369 e. The number of hydrogen-bond acceptors (Lipinski definition) is 3. The van der Waals surface area contributed by atoms with Crippen LogP contribution in [0.15, 0.2) is 18.3 Å². The van der Waals surface area contributed by atoms with Crippen LogP contribution in [0.2, 0.25) is 0 Å². The van der Waals surface area contributed by atoms with Crippen molar-refractivity contribution in [3.63, 3.8) is 0 Å². The highest BCUT2D eigenvalue weighted by atomic mass is 16.1. The zero-order valence-corrected chi connectivity index (χ0v) is 8.82. The zero-order chi connectivity index (χ0) is 11.3. The van der Waals surface area contributed by atoms with Crippen molar-refractivity contribution >= 4 is 11.7 Å². The molecule has 0 aromatic carbocycles. The lowest BCUT2D eigenvalue weighted by atomic mass is 10.2. The average molecular weight is 203 g/mol. The second kappa shape index (κ2) is 5.01. The Bertz CT molecular complexity index is 398. The Labute approximate surface area is 89.1 Å². The third-order valence-corrected chi connectivity index (χ3v) is 1.70. The molecule has 1 rings (SSSR count). The van der Waals surface area contributed by atoms with E-state index in [2.05, 4.69) is 16.8 Å². The lowest BCUT2D eigenvalue weighted by Gasteiger charge is -2.09. The first-order valence-electron chi connectivity index (χ1n) is 4.50. The molecule has 0 saturated carbocycles. The molecule has 0 saturated heterocycles. The van der Waals surface area contributed by atoms with Gasteiger partial charge in [0, 0.05) is 25.9 Å². The number of primary amides is 1. The van der Waals surface area contributed by atoms with E-state index in [4.69, 9.17) is 5.73 Å². The maximum atomic E-state index is 10.4. The molecule has 0 unspecified atom stereocenters. The third-order valence-electron chi connectivity index (χ3n) is 1.70. The molecular formula is C11H13N3O. The van der Waals surface area contributed by atoms with E-state index in [-0.39, 0.29) is 6.42 Å². The second-order valence-electron chi connectivity index (χ2n) is 3.24. The van der Waals surface area contributed by atoms with Crippen LogP contribution < -0.4 is 10.6 Å². The number of carbonyl (C=O) groups excluding carboxylic acids is 1. The Morgan fingerprint density at radius 3 is 2.73 bits per heavy atom. The number of aromatic nitrogens is 1. The maximum absolute atomic E-state index is 10.4. The molecule has 1 aromatic rings.